The van der Waals surface area contributed by atoms with Crippen LogP contribution < -0.4 is 10.1 Å². The van der Waals surface area contributed by atoms with Crippen molar-refractivity contribution in [3.8, 4) is 11.3 Å². The third-order valence-corrected chi connectivity index (χ3v) is 6.63. The van der Waals surface area contributed by atoms with Crippen LogP contribution >= 0.6 is 0 Å². The number of benzene rings is 3. The largest absolute Gasteiger partial charge is 0.455 e. The molecule has 0 radical (unpaired) electrons. The van der Waals surface area contributed by atoms with Gasteiger partial charge in [0, 0.05) is 17.7 Å². The summed E-state index contributed by atoms with van der Waals surface area (Å²) in [4.78, 5) is 10.3. The highest BCUT2D eigenvalue weighted by molar-refractivity contribution is 7.92. The van der Waals surface area contributed by atoms with Crippen molar-refractivity contribution in [3.63, 3.8) is 0 Å². The Bertz CT molecular complexity index is 1560. The van der Waals surface area contributed by atoms with Gasteiger partial charge in [0.1, 0.15) is 22.2 Å². The molecule has 0 spiro atoms. The van der Waals surface area contributed by atoms with E-state index < -0.39 is 14.9 Å². The van der Waals surface area contributed by atoms with Crippen molar-refractivity contribution in [2.24, 2.45) is 5.10 Å². The Balaban J connectivity index is 1.59. The first kappa shape index (κ1) is 24.6. The monoisotopic (exact) mass is 508 g/mol. The van der Waals surface area contributed by atoms with Crippen LogP contribution in [0.2, 0.25) is 0 Å². The standard InChI is InChI=1S/C25H21FN4O5S/c1-16-3-10-22(17(2)13-16)29-36(33,34)25-14-20(30(31)32)8-11-23(25)28-27-15-21-9-12-24(35-21)18-4-6-19(26)7-5-18/h3-15,28-29H,1-2H3/b27-15+. The van der Waals surface area contributed by atoms with E-state index in [4.69, 9.17) is 4.42 Å². The Morgan fingerprint density at radius 1 is 0.972 bits per heavy atom. The lowest BCUT2D eigenvalue weighted by atomic mass is 10.1. The van der Waals surface area contributed by atoms with Crippen LogP contribution in [0, 0.1) is 29.8 Å². The van der Waals surface area contributed by atoms with Crippen LogP contribution in [0.1, 0.15) is 16.9 Å². The van der Waals surface area contributed by atoms with E-state index in [2.05, 4.69) is 15.2 Å². The summed E-state index contributed by atoms with van der Waals surface area (Å²) in [6.45, 7) is 3.64. The Hall–Kier alpha value is -4.51. The molecule has 0 aliphatic heterocycles. The maximum atomic E-state index is 13.2. The van der Waals surface area contributed by atoms with E-state index in [1.165, 1.54) is 30.5 Å². The molecule has 2 N–H and O–H groups in total. The Morgan fingerprint density at radius 3 is 2.39 bits per heavy atom. The molecule has 0 bridgehead atoms. The summed E-state index contributed by atoms with van der Waals surface area (Å²) in [7, 11) is -4.21. The van der Waals surface area contributed by atoms with Crippen molar-refractivity contribution in [3.05, 3.63) is 106 Å². The molecular formula is C25H21FN4O5S. The molecular weight excluding hydrogens is 487 g/mol. The summed E-state index contributed by atoms with van der Waals surface area (Å²) in [6, 6.07) is 17.7. The zero-order chi connectivity index (χ0) is 25.9. The molecule has 4 rings (SSSR count). The van der Waals surface area contributed by atoms with Crippen molar-refractivity contribution in [1.82, 2.24) is 0 Å². The molecule has 36 heavy (non-hydrogen) atoms. The van der Waals surface area contributed by atoms with E-state index in [9.17, 15) is 22.9 Å². The fourth-order valence-electron chi connectivity index (χ4n) is 3.42. The Labute approximate surface area is 206 Å². The number of hydrazone groups is 1. The molecule has 0 fully saturated rings. The van der Waals surface area contributed by atoms with Gasteiger partial charge >= 0.3 is 0 Å². The van der Waals surface area contributed by atoms with Gasteiger partial charge in [-0.25, -0.2) is 12.8 Å². The zero-order valence-electron chi connectivity index (χ0n) is 19.2. The predicted molar refractivity (Wildman–Crippen MR) is 135 cm³/mol. The van der Waals surface area contributed by atoms with E-state index in [0.29, 0.717) is 28.3 Å². The van der Waals surface area contributed by atoms with E-state index in [1.54, 1.807) is 43.3 Å². The van der Waals surface area contributed by atoms with Gasteiger partial charge < -0.3 is 4.42 Å². The van der Waals surface area contributed by atoms with Crippen molar-refractivity contribution < 1.29 is 22.1 Å². The van der Waals surface area contributed by atoms with Crippen LogP contribution in [0.3, 0.4) is 0 Å². The topological polar surface area (TPSA) is 127 Å². The number of aryl methyl sites for hydroxylation is 2. The summed E-state index contributed by atoms with van der Waals surface area (Å²) >= 11 is 0. The van der Waals surface area contributed by atoms with Gasteiger partial charge in [0.15, 0.2) is 0 Å². The van der Waals surface area contributed by atoms with Crippen LogP contribution in [0.25, 0.3) is 11.3 Å². The number of anilines is 2. The van der Waals surface area contributed by atoms with E-state index in [-0.39, 0.29) is 22.1 Å². The van der Waals surface area contributed by atoms with Crippen LogP contribution in [0.5, 0.6) is 0 Å². The summed E-state index contributed by atoms with van der Waals surface area (Å²) in [5.41, 5.74) is 4.94. The molecule has 0 aliphatic rings. The first-order chi connectivity index (χ1) is 17.1. The maximum absolute atomic E-state index is 13.2. The molecule has 0 aliphatic carbocycles. The second-order valence-electron chi connectivity index (χ2n) is 7.94. The molecule has 184 valence electrons. The zero-order valence-corrected chi connectivity index (χ0v) is 20.0. The lowest BCUT2D eigenvalue weighted by molar-refractivity contribution is -0.385. The van der Waals surface area contributed by atoms with Gasteiger partial charge in [0.2, 0.25) is 0 Å². The number of sulfonamides is 1. The Kier molecular flexibility index (Phi) is 6.84. The smallest absolute Gasteiger partial charge is 0.270 e. The van der Waals surface area contributed by atoms with Gasteiger partial charge in [-0.3, -0.25) is 20.3 Å². The lowest BCUT2D eigenvalue weighted by Crippen LogP contribution is -2.15. The van der Waals surface area contributed by atoms with E-state index >= 15 is 0 Å². The molecule has 0 unspecified atom stereocenters. The summed E-state index contributed by atoms with van der Waals surface area (Å²) in [6.07, 6.45) is 1.32. The minimum atomic E-state index is -4.21. The predicted octanol–water partition coefficient (Wildman–Crippen LogP) is 5.86. The number of nitro benzene ring substituents is 1. The highest BCUT2D eigenvalue weighted by Gasteiger charge is 2.23. The average Bonchev–Trinajstić information content (AvgIpc) is 3.30. The molecule has 3 aromatic carbocycles. The number of halogens is 1. The molecule has 0 amide bonds. The molecule has 0 saturated carbocycles. The second-order valence-corrected chi connectivity index (χ2v) is 9.59. The van der Waals surface area contributed by atoms with E-state index in [1.807, 2.05) is 13.0 Å². The molecule has 1 aromatic heterocycles. The number of furan rings is 1. The molecule has 11 heteroatoms. The third kappa shape index (κ3) is 5.58. The van der Waals surface area contributed by atoms with Gasteiger partial charge in [-0.15, -0.1) is 0 Å². The number of nitro groups is 1. The fraction of sp³-hybridized carbons (Fsp3) is 0.0800. The van der Waals surface area contributed by atoms with Crippen molar-refractivity contribution in [1.29, 1.82) is 0 Å². The van der Waals surface area contributed by atoms with E-state index in [0.717, 1.165) is 11.6 Å². The SMILES string of the molecule is Cc1ccc(NS(=O)(=O)c2cc([N+](=O)[O-])ccc2N/N=C/c2ccc(-c3ccc(F)cc3)o2)c(C)c1. The van der Waals surface area contributed by atoms with Gasteiger partial charge in [0.25, 0.3) is 15.7 Å². The van der Waals surface area contributed by atoms with Gasteiger partial charge in [-0.05, 0) is 67.9 Å². The Morgan fingerprint density at radius 2 is 1.69 bits per heavy atom. The normalized spacial score (nSPS) is 11.5. The maximum Gasteiger partial charge on any atom is 0.270 e. The van der Waals surface area contributed by atoms with Crippen LogP contribution in [-0.2, 0) is 10.0 Å². The number of non-ortho nitro benzene ring substituents is 1. The summed E-state index contributed by atoms with van der Waals surface area (Å²) < 4.78 is 47.6. The molecule has 9 nitrogen and oxygen atoms in total. The number of nitrogens with one attached hydrogen (secondary N) is 2. The van der Waals surface area contributed by atoms with Crippen LogP contribution in [0.15, 0.2) is 87.2 Å². The molecule has 0 atom stereocenters. The van der Waals surface area contributed by atoms with Crippen molar-refractivity contribution in [2.75, 3.05) is 10.1 Å². The first-order valence-electron chi connectivity index (χ1n) is 10.7. The highest BCUT2D eigenvalue weighted by atomic mass is 32.2. The van der Waals surface area contributed by atoms with Crippen LogP contribution in [-0.4, -0.2) is 19.6 Å². The number of nitrogens with zero attached hydrogens (tertiary/aromatic N) is 2. The third-order valence-electron chi connectivity index (χ3n) is 5.22. The highest BCUT2D eigenvalue weighted by Crippen LogP contribution is 2.29. The fourth-order valence-corrected chi connectivity index (χ4v) is 4.73. The first-order valence-corrected chi connectivity index (χ1v) is 12.1. The number of rotatable bonds is 8. The summed E-state index contributed by atoms with van der Waals surface area (Å²) in [5, 5.41) is 15.3. The average molecular weight is 509 g/mol. The second kappa shape index (κ2) is 10.0. The molecule has 1 heterocycles. The van der Waals surface area contributed by atoms with Crippen LogP contribution in [0.4, 0.5) is 21.5 Å². The minimum absolute atomic E-state index is 0.0272. The number of hydrogen-bond donors (Lipinski definition) is 2. The van der Waals surface area contributed by atoms with Gasteiger partial charge in [0.05, 0.1) is 22.5 Å². The van der Waals surface area contributed by atoms with Crippen molar-refractivity contribution >= 4 is 33.3 Å². The van der Waals surface area contributed by atoms with Crippen molar-refractivity contribution in [2.45, 2.75) is 18.7 Å². The summed E-state index contributed by atoms with van der Waals surface area (Å²) in [5.74, 6) is 0.478. The molecule has 4 aromatic rings. The minimum Gasteiger partial charge on any atom is -0.455 e. The van der Waals surface area contributed by atoms with Gasteiger partial charge in [-0.2, -0.15) is 5.10 Å². The molecule has 0 saturated heterocycles. The number of hydrogen-bond acceptors (Lipinski definition) is 7. The quantitative estimate of drug-likeness (QED) is 0.174. The lowest BCUT2D eigenvalue weighted by Gasteiger charge is -2.14. The van der Waals surface area contributed by atoms with Gasteiger partial charge in [-0.1, -0.05) is 17.7 Å².